The summed E-state index contributed by atoms with van der Waals surface area (Å²) in [5.41, 5.74) is 6.11. The molecule has 3 rings (SSSR count). The van der Waals surface area contributed by atoms with Crippen LogP contribution in [0.1, 0.15) is 12.8 Å². The lowest BCUT2D eigenvalue weighted by Crippen LogP contribution is -2.51. The lowest BCUT2D eigenvalue weighted by Gasteiger charge is -2.35. The van der Waals surface area contributed by atoms with E-state index in [1.165, 1.54) is 12.1 Å². The summed E-state index contributed by atoms with van der Waals surface area (Å²) < 4.78 is 18.4. The molecular weight excluding hydrogens is 353 g/mol. The number of unbranched alkanes of at least 4 members (excludes halogenated alkanes) is 1. The molecule has 2 N–H and O–H groups in total. The highest BCUT2D eigenvalue weighted by molar-refractivity contribution is 7.13. The Morgan fingerprint density at radius 3 is 2.65 bits per heavy atom. The maximum atomic E-state index is 12.8. The Morgan fingerprint density at radius 1 is 1.19 bits per heavy atom. The van der Waals surface area contributed by atoms with Crippen LogP contribution in [-0.2, 0) is 0 Å². The quantitative estimate of drug-likeness (QED) is 0.456. The van der Waals surface area contributed by atoms with Crippen molar-refractivity contribution in [2.24, 2.45) is 10.7 Å². The summed E-state index contributed by atoms with van der Waals surface area (Å²) in [7, 11) is 0. The molecule has 1 aliphatic heterocycles. The monoisotopic (exact) mass is 377 g/mol. The van der Waals surface area contributed by atoms with E-state index in [9.17, 15) is 4.39 Å². The molecule has 0 radical (unpaired) electrons. The average Bonchev–Trinajstić information content (AvgIpc) is 3.21. The Labute approximate surface area is 157 Å². The molecule has 1 aliphatic rings. The molecule has 26 heavy (non-hydrogen) atoms. The van der Waals surface area contributed by atoms with Crippen molar-refractivity contribution in [3.05, 3.63) is 41.7 Å². The number of rotatable bonds is 7. The van der Waals surface area contributed by atoms with Gasteiger partial charge in [-0.05, 0) is 37.1 Å². The number of aliphatic imine (C=N–C) groups is 1. The van der Waals surface area contributed by atoms with Gasteiger partial charge in [0.2, 0.25) is 0 Å². The highest BCUT2D eigenvalue weighted by Gasteiger charge is 2.19. The van der Waals surface area contributed by atoms with Crippen LogP contribution in [0.15, 0.2) is 40.8 Å². The van der Waals surface area contributed by atoms with Crippen molar-refractivity contribution < 1.29 is 9.13 Å². The predicted molar refractivity (Wildman–Crippen MR) is 104 cm³/mol. The van der Waals surface area contributed by atoms with Crippen LogP contribution < -0.4 is 15.4 Å². The molecule has 0 spiro atoms. The number of benzene rings is 1. The largest absolute Gasteiger partial charge is 0.494 e. The van der Waals surface area contributed by atoms with Crippen LogP contribution in [0.4, 0.5) is 9.52 Å². The predicted octanol–water partition coefficient (Wildman–Crippen LogP) is 2.58. The van der Waals surface area contributed by atoms with Crippen molar-refractivity contribution in [3.63, 3.8) is 0 Å². The maximum Gasteiger partial charge on any atom is 0.191 e. The number of guanidine groups is 1. The maximum absolute atomic E-state index is 12.8. The summed E-state index contributed by atoms with van der Waals surface area (Å²) in [6.45, 7) is 4.83. The minimum absolute atomic E-state index is 0.255. The first-order chi connectivity index (χ1) is 12.7. The van der Waals surface area contributed by atoms with Crippen molar-refractivity contribution in [1.82, 2.24) is 9.88 Å². The second-order valence-electron chi connectivity index (χ2n) is 6.04. The number of thiazole rings is 1. The summed E-state index contributed by atoms with van der Waals surface area (Å²) in [5.74, 6) is 1.05. The lowest BCUT2D eigenvalue weighted by molar-refractivity contribution is 0.307. The minimum Gasteiger partial charge on any atom is -0.494 e. The molecule has 0 bridgehead atoms. The van der Waals surface area contributed by atoms with E-state index in [0.717, 1.165) is 44.2 Å². The van der Waals surface area contributed by atoms with Crippen molar-refractivity contribution in [2.75, 3.05) is 44.2 Å². The molecule has 1 saturated heterocycles. The zero-order chi connectivity index (χ0) is 18.2. The molecule has 0 amide bonds. The Kier molecular flexibility index (Phi) is 6.65. The summed E-state index contributed by atoms with van der Waals surface area (Å²) >= 11 is 1.66. The second kappa shape index (κ2) is 9.38. The first kappa shape index (κ1) is 18.4. The number of nitrogens with two attached hydrogens (primary N) is 1. The Bertz CT molecular complexity index is 684. The number of halogens is 1. The molecule has 1 fully saturated rings. The van der Waals surface area contributed by atoms with Gasteiger partial charge in [-0.2, -0.15) is 0 Å². The molecule has 0 aliphatic carbocycles. The zero-order valence-electron chi connectivity index (χ0n) is 14.7. The third-order valence-corrected chi connectivity index (χ3v) is 5.03. The normalized spacial score (nSPS) is 15.3. The van der Waals surface area contributed by atoms with E-state index in [2.05, 4.69) is 19.8 Å². The van der Waals surface area contributed by atoms with Crippen molar-refractivity contribution in [2.45, 2.75) is 12.8 Å². The number of hydrogen-bond donors (Lipinski definition) is 1. The standard InChI is InChI=1S/C18H24FN5OS/c19-15-3-5-16(6-4-15)25-13-2-1-7-21-17(20)23-9-11-24(12-10-23)18-22-8-14-26-18/h3-6,8,14H,1-2,7,9-13H2,(H2,20,21). The van der Waals surface area contributed by atoms with E-state index in [-0.39, 0.29) is 5.82 Å². The van der Waals surface area contributed by atoms with Crippen LogP contribution in [0.5, 0.6) is 5.75 Å². The molecule has 0 saturated carbocycles. The summed E-state index contributed by atoms with van der Waals surface area (Å²) in [5, 5.41) is 3.07. The molecular formula is C18H24FN5OS. The Balaban J connectivity index is 1.31. The highest BCUT2D eigenvalue weighted by atomic mass is 32.1. The van der Waals surface area contributed by atoms with E-state index >= 15 is 0 Å². The summed E-state index contributed by atoms with van der Waals surface area (Å²) in [6.07, 6.45) is 3.62. The van der Waals surface area contributed by atoms with Gasteiger partial charge in [0.25, 0.3) is 0 Å². The van der Waals surface area contributed by atoms with Gasteiger partial charge in [0, 0.05) is 44.3 Å². The molecule has 2 aromatic rings. The highest BCUT2D eigenvalue weighted by Crippen LogP contribution is 2.18. The molecule has 8 heteroatoms. The topological polar surface area (TPSA) is 67.0 Å². The lowest BCUT2D eigenvalue weighted by atomic mass is 10.3. The molecule has 2 heterocycles. The van der Waals surface area contributed by atoms with Crippen LogP contribution in [-0.4, -0.2) is 55.2 Å². The van der Waals surface area contributed by atoms with Gasteiger partial charge < -0.3 is 20.3 Å². The number of nitrogens with zero attached hydrogens (tertiary/aromatic N) is 4. The Morgan fingerprint density at radius 2 is 1.96 bits per heavy atom. The van der Waals surface area contributed by atoms with Gasteiger partial charge in [0.15, 0.2) is 11.1 Å². The molecule has 0 unspecified atom stereocenters. The first-order valence-corrected chi connectivity index (χ1v) is 9.68. The average molecular weight is 377 g/mol. The number of anilines is 1. The van der Waals surface area contributed by atoms with Gasteiger partial charge in [-0.25, -0.2) is 9.37 Å². The summed E-state index contributed by atoms with van der Waals surface area (Å²) in [6, 6.07) is 6.07. The van der Waals surface area contributed by atoms with Gasteiger partial charge in [0.1, 0.15) is 11.6 Å². The van der Waals surface area contributed by atoms with Crippen molar-refractivity contribution in [1.29, 1.82) is 0 Å². The van der Waals surface area contributed by atoms with Crippen LogP contribution in [0.2, 0.25) is 0 Å². The fourth-order valence-electron chi connectivity index (χ4n) is 2.73. The van der Waals surface area contributed by atoms with Gasteiger partial charge in [0.05, 0.1) is 6.61 Å². The molecule has 6 nitrogen and oxygen atoms in total. The molecule has 1 aromatic carbocycles. The molecule has 0 atom stereocenters. The van der Waals surface area contributed by atoms with Gasteiger partial charge >= 0.3 is 0 Å². The first-order valence-electron chi connectivity index (χ1n) is 8.80. The fraction of sp³-hybridized carbons (Fsp3) is 0.444. The van der Waals surface area contributed by atoms with Crippen molar-refractivity contribution in [3.8, 4) is 5.75 Å². The van der Waals surface area contributed by atoms with Crippen LogP contribution in [0.3, 0.4) is 0 Å². The van der Waals surface area contributed by atoms with E-state index in [1.54, 1.807) is 23.5 Å². The van der Waals surface area contributed by atoms with Gasteiger partial charge in [-0.3, -0.25) is 4.99 Å². The van der Waals surface area contributed by atoms with E-state index < -0.39 is 0 Å². The number of hydrogen-bond acceptors (Lipinski definition) is 5. The summed E-state index contributed by atoms with van der Waals surface area (Å²) in [4.78, 5) is 13.2. The van der Waals surface area contributed by atoms with Gasteiger partial charge in [-0.1, -0.05) is 0 Å². The fourth-order valence-corrected chi connectivity index (χ4v) is 3.42. The van der Waals surface area contributed by atoms with Gasteiger partial charge in [-0.15, -0.1) is 11.3 Å². The number of ether oxygens (including phenoxy) is 1. The van der Waals surface area contributed by atoms with E-state index in [1.807, 2.05) is 11.6 Å². The number of piperazine rings is 1. The third kappa shape index (κ3) is 5.32. The zero-order valence-corrected chi connectivity index (χ0v) is 15.5. The molecule has 140 valence electrons. The minimum atomic E-state index is -0.255. The SMILES string of the molecule is NC(=NCCCCOc1ccc(F)cc1)N1CCN(c2nccs2)CC1. The third-order valence-electron chi connectivity index (χ3n) is 4.20. The van der Waals surface area contributed by atoms with E-state index in [4.69, 9.17) is 10.5 Å². The van der Waals surface area contributed by atoms with Crippen LogP contribution >= 0.6 is 11.3 Å². The molecule has 1 aromatic heterocycles. The van der Waals surface area contributed by atoms with Crippen LogP contribution in [0.25, 0.3) is 0 Å². The smallest absolute Gasteiger partial charge is 0.191 e. The van der Waals surface area contributed by atoms with E-state index in [0.29, 0.717) is 24.9 Å². The Hall–Kier alpha value is -2.35. The number of aromatic nitrogens is 1. The van der Waals surface area contributed by atoms with Crippen LogP contribution in [0, 0.1) is 5.82 Å². The second-order valence-corrected chi connectivity index (χ2v) is 6.91. The van der Waals surface area contributed by atoms with Crippen molar-refractivity contribution >= 4 is 22.4 Å².